The fourth-order valence-electron chi connectivity index (χ4n) is 3.57. The predicted octanol–water partition coefficient (Wildman–Crippen LogP) is 4.45. The van der Waals surface area contributed by atoms with Crippen molar-refractivity contribution in [2.24, 2.45) is 5.10 Å². The Morgan fingerprint density at radius 1 is 1.26 bits per heavy atom. The second-order valence-electron chi connectivity index (χ2n) is 7.59. The molecule has 1 aliphatic heterocycles. The molecule has 1 aliphatic rings. The van der Waals surface area contributed by atoms with E-state index in [-0.39, 0.29) is 22.6 Å². The molecule has 1 amide bonds. The second-order valence-corrected chi connectivity index (χ2v) is 7.59. The summed E-state index contributed by atoms with van der Waals surface area (Å²) in [7, 11) is 1.96. The lowest BCUT2D eigenvalue weighted by atomic mass is 9.80. The van der Waals surface area contributed by atoms with Crippen LogP contribution in [0.2, 0.25) is 0 Å². The van der Waals surface area contributed by atoms with Gasteiger partial charge in [-0.2, -0.15) is 5.10 Å². The Bertz CT molecular complexity index is 908. The highest BCUT2D eigenvalue weighted by Crippen LogP contribution is 2.43. The Balaban J connectivity index is 1.82. The molecule has 3 rings (SSSR count). The topological polar surface area (TPSA) is 44.7 Å². The van der Waals surface area contributed by atoms with Crippen LogP contribution in [0.1, 0.15) is 54.6 Å². The van der Waals surface area contributed by atoms with Crippen molar-refractivity contribution in [1.82, 2.24) is 5.43 Å². The molecule has 0 fully saturated rings. The number of fused-ring (bicyclic) bond motifs is 1. The molecule has 0 saturated heterocycles. The zero-order valence-corrected chi connectivity index (χ0v) is 15.9. The summed E-state index contributed by atoms with van der Waals surface area (Å²) in [5.41, 5.74) is 4.26. The Hall–Kier alpha value is -2.76. The first-order valence-electron chi connectivity index (χ1n) is 8.86. The second kappa shape index (κ2) is 7.10. The number of carbonyl (C=O) groups is 1. The molecule has 0 spiro atoms. The monoisotopic (exact) mass is 371 g/mol. The van der Waals surface area contributed by atoms with E-state index in [2.05, 4.69) is 36.2 Å². The van der Waals surface area contributed by atoms with E-state index >= 15 is 0 Å². The van der Waals surface area contributed by atoms with E-state index < -0.39 is 17.5 Å². The molecule has 142 valence electrons. The molecule has 1 unspecified atom stereocenters. The van der Waals surface area contributed by atoms with Gasteiger partial charge in [-0.25, -0.2) is 14.2 Å². The molecule has 1 heterocycles. The van der Waals surface area contributed by atoms with Gasteiger partial charge in [0.25, 0.3) is 5.91 Å². The first-order chi connectivity index (χ1) is 12.7. The summed E-state index contributed by atoms with van der Waals surface area (Å²) in [5, 5.41) is 3.80. The van der Waals surface area contributed by atoms with Gasteiger partial charge in [0.15, 0.2) is 0 Å². The van der Waals surface area contributed by atoms with Crippen LogP contribution < -0.4 is 10.3 Å². The van der Waals surface area contributed by atoms with Crippen molar-refractivity contribution in [1.29, 1.82) is 0 Å². The van der Waals surface area contributed by atoms with Crippen LogP contribution in [0.5, 0.6) is 0 Å². The smallest absolute Gasteiger partial charge is 0.274 e. The van der Waals surface area contributed by atoms with E-state index in [4.69, 9.17) is 0 Å². The summed E-state index contributed by atoms with van der Waals surface area (Å²) in [6.45, 7) is 6.39. The zero-order chi connectivity index (χ0) is 19.8. The molecular weight excluding hydrogens is 348 g/mol. The van der Waals surface area contributed by atoms with Crippen molar-refractivity contribution in [3.05, 3.63) is 64.7 Å². The van der Waals surface area contributed by atoms with Crippen LogP contribution in [0.4, 0.5) is 14.5 Å². The normalized spacial score (nSPS) is 18.4. The number of benzene rings is 2. The number of nitrogens with one attached hydrogen (secondary N) is 1. The van der Waals surface area contributed by atoms with Crippen LogP contribution in [0.3, 0.4) is 0 Å². The third-order valence-electron chi connectivity index (χ3n) is 5.24. The van der Waals surface area contributed by atoms with E-state index in [0.717, 1.165) is 17.7 Å². The highest BCUT2D eigenvalue weighted by Gasteiger charge is 2.34. The lowest BCUT2D eigenvalue weighted by Gasteiger charge is -2.45. The first kappa shape index (κ1) is 19.0. The molecule has 0 saturated carbocycles. The van der Waals surface area contributed by atoms with Crippen LogP contribution in [-0.2, 0) is 0 Å². The number of halogens is 2. The molecule has 1 N–H and O–H groups in total. The third-order valence-corrected chi connectivity index (χ3v) is 5.24. The van der Waals surface area contributed by atoms with Crippen LogP contribution in [0.25, 0.3) is 0 Å². The lowest BCUT2D eigenvalue weighted by molar-refractivity contribution is 0.0951. The molecule has 27 heavy (non-hydrogen) atoms. The van der Waals surface area contributed by atoms with Gasteiger partial charge in [0, 0.05) is 23.8 Å². The Morgan fingerprint density at radius 2 is 1.96 bits per heavy atom. The number of carbonyl (C=O) groups excluding carboxylic acids is 1. The maximum Gasteiger partial charge on any atom is 0.274 e. The number of hydrogen-bond acceptors (Lipinski definition) is 3. The molecule has 1 atom stereocenters. The van der Waals surface area contributed by atoms with Crippen molar-refractivity contribution < 1.29 is 13.6 Å². The number of amides is 1. The molecule has 0 radical (unpaired) electrons. The Morgan fingerprint density at radius 3 is 2.67 bits per heavy atom. The number of anilines is 1. The summed E-state index contributed by atoms with van der Waals surface area (Å²) in [6, 6.07) is 8.88. The van der Waals surface area contributed by atoms with Crippen LogP contribution in [-0.4, -0.2) is 24.7 Å². The van der Waals surface area contributed by atoms with E-state index in [1.165, 1.54) is 30.5 Å². The van der Waals surface area contributed by atoms with Crippen molar-refractivity contribution in [3.63, 3.8) is 0 Å². The van der Waals surface area contributed by atoms with Crippen LogP contribution >= 0.6 is 0 Å². The number of hydrazone groups is 1. The highest BCUT2D eigenvalue weighted by molar-refractivity contribution is 5.95. The minimum atomic E-state index is -0.683. The van der Waals surface area contributed by atoms with Gasteiger partial charge in [0.1, 0.15) is 11.6 Å². The standard InChI is InChI=1S/C21H23F2N3O/c1-13-11-21(2,3)26(4)19-10-18(23)14(9-16(13)19)12-24-25-20(27)15-7-5-6-8-17(15)22/h5-10,12-13H,11H2,1-4H3,(H,25,27)/b24-12-. The van der Waals surface area contributed by atoms with Gasteiger partial charge in [-0.05, 0) is 56.0 Å². The fourth-order valence-corrected chi connectivity index (χ4v) is 3.57. The average Bonchev–Trinajstić information content (AvgIpc) is 2.60. The Kier molecular flexibility index (Phi) is 5.00. The van der Waals surface area contributed by atoms with Crippen molar-refractivity contribution in [2.45, 2.75) is 38.6 Å². The highest BCUT2D eigenvalue weighted by atomic mass is 19.1. The molecule has 6 heteroatoms. The van der Waals surface area contributed by atoms with Gasteiger partial charge in [0.2, 0.25) is 0 Å². The Labute approximate surface area is 157 Å². The summed E-state index contributed by atoms with van der Waals surface area (Å²) in [4.78, 5) is 14.1. The van der Waals surface area contributed by atoms with Gasteiger partial charge in [-0.15, -0.1) is 0 Å². The van der Waals surface area contributed by atoms with Gasteiger partial charge >= 0.3 is 0 Å². The zero-order valence-electron chi connectivity index (χ0n) is 15.9. The number of rotatable bonds is 3. The van der Waals surface area contributed by atoms with Crippen LogP contribution in [0, 0.1) is 11.6 Å². The molecular formula is C21H23F2N3O. The minimum Gasteiger partial charge on any atom is -0.369 e. The van der Waals surface area contributed by atoms with Crippen molar-refractivity contribution in [2.75, 3.05) is 11.9 Å². The summed E-state index contributed by atoms with van der Waals surface area (Å²) in [5.74, 6) is -1.47. The van der Waals surface area contributed by atoms with Crippen LogP contribution in [0.15, 0.2) is 41.5 Å². The average molecular weight is 371 g/mol. The SMILES string of the molecule is CC1CC(C)(C)N(C)c2cc(F)c(/C=N\NC(=O)c3ccccc3F)cc21. The van der Waals surface area contributed by atoms with Gasteiger partial charge in [-0.1, -0.05) is 19.1 Å². The van der Waals surface area contributed by atoms with Gasteiger partial charge in [-0.3, -0.25) is 4.79 Å². The largest absolute Gasteiger partial charge is 0.369 e. The molecule has 4 nitrogen and oxygen atoms in total. The molecule has 2 aromatic carbocycles. The molecule has 0 aromatic heterocycles. The first-order valence-corrected chi connectivity index (χ1v) is 8.86. The minimum absolute atomic E-state index is 0.0534. The quantitative estimate of drug-likeness (QED) is 0.640. The maximum absolute atomic E-state index is 14.6. The van der Waals surface area contributed by atoms with E-state index in [9.17, 15) is 13.6 Å². The fraction of sp³-hybridized carbons (Fsp3) is 0.333. The van der Waals surface area contributed by atoms with Crippen molar-refractivity contribution in [3.8, 4) is 0 Å². The van der Waals surface area contributed by atoms with Gasteiger partial charge in [0.05, 0.1) is 11.8 Å². The lowest BCUT2D eigenvalue weighted by Crippen LogP contribution is -2.45. The van der Waals surface area contributed by atoms with E-state index in [1.807, 2.05) is 7.05 Å². The summed E-state index contributed by atoms with van der Waals surface area (Å²) < 4.78 is 28.2. The summed E-state index contributed by atoms with van der Waals surface area (Å²) in [6.07, 6.45) is 2.20. The molecule has 0 bridgehead atoms. The third kappa shape index (κ3) is 3.70. The van der Waals surface area contributed by atoms with Crippen molar-refractivity contribution >= 4 is 17.8 Å². The van der Waals surface area contributed by atoms with Gasteiger partial charge < -0.3 is 4.90 Å². The predicted molar refractivity (Wildman–Crippen MR) is 103 cm³/mol. The summed E-state index contributed by atoms with van der Waals surface area (Å²) >= 11 is 0. The number of hydrogen-bond donors (Lipinski definition) is 1. The van der Waals surface area contributed by atoms with E-state index in [1.54, 1.807) is 12.1 Å². The maximum atomic E-state index is 14.6. The van der Waals surface area contributed by atoms with E-state index in [0.29, 0.717) is 0 Å². The number of nitrogens with zero attached hydrogens (tertiary/aromatic N) is 2. The molecule has 0 aliphatic carbocycles. The molecule has 2 aromatic rings.